The van der Waals surface area contributed by atoms with Crippen LogP contribution in [0.25, 0.3) is 0 Å². The van der Waals surface area contributed by atoms with Gasteiger partial charge in [0, 0.05) is 5.56 Å². The molecular weight excluding hydrogens is 218 g/mol. The zero-order chi connectivity index (χ0) is 10.8. The largest absolute Gasteiger partial charge is 0.454 e. The van der Waals surface area contributed by atoms with Crippen molar-refractivity contribution in [3.05, 3.63) is 23.8 Å². The molecule has 0 radical (unpaired) electrons. The van der Waals surface area contributed by atoms with Gasteiger partial charge in [0.1, 0.15) is 0 Å². The quantitative estimate of drug-likeness (QED) is 0.785. The van der Waals surface area contributed by atoms with Crippen LogP contribution in [-0.4, -0.2) is 18.1 Å². The first kappa shape index (κ1) is 10.3. The van der Waals surface area contributed by atoms with Gasteiger partial charge in [-0.2, -0.15) is 0 Å². The van der Waals surface area contributed by atoms with Crippen molar-refractivity contribution in [3.63, 3.8) is 0 Å². The van der Waals surface area contributed by atoms with Gasteiger partial charge in [-0.25, -0.2) is 0 Å². The number of hydrogen-bond acceptors (Lipinski definition) is 4. The lowest BCUT2D eigenvalue weighted by Crippen LogP contribution is -2.29. The van der Waals surface area contributed by atoms with Gasteiger partial charge in [0.15, 0.2) is 11.5 Å². The molecule has 1 atom stereocenters. The molecule has 2 N–H and O–H groups in total. The summed E-state index contributed by atoms with van der Waals surface area (Å²) in [6.07, 6.45) is 0.356. The number of hydrogen-bond donors (Lipinski definition) is 1. The highest BCUT2D eigenvalue weighted by molar-refractivity contribution is 6.64. The molecule has 1 aliphatic heterocycles. The van der Waals surface area contributed by atoms with Gasteiger partial charge in [-0.15, -0.1) is 0 Å². The highest BCUT2D eigenvalue weighted by Gasteiger charge is 2.20. The highest BCUT2D eigenvalue weighted by atomic mass is 35.5. The highest BCUT2D eigenvalue weighted by Crippen LogP contribution is 2.35. The second kappa shape index (κ2) is 4.08. The molecule has 4 nitrogen and oxygen atoms in total. The topological polar surface area (TPSA) is 61.6 Å². The second-order valence-corrected chi connectivity index (χ2v) is 3.64. The molecule has 0 saturated carbocycles. The predicted octanol–water partition coefficient (Wildman–Crippen LogP) is 1.05. The Labute approximate surface area is 91.9 Å². The molecule has 0 bridgehead atoms. The van der Waals surface area contributed by atoms with Crippen LogP contribution in [0.2, 0.25) is 0 Å². The van der Waals surface area contributed by atoms with E-state index in [2.05, 4.69) is 0 Å². The van der Waals surface area contributed by atoms with Gasteiger partial charge in [-0.3, -0.25) is 4.79 Å². The third kappa shape index (κ3) is 2.06. The van der Waals surface area contributed by atoms with Gasteiger partial charge in [-0.1, -0.05) is 12.1 Å². The molecular formula is C10H10ClNO3. The molecule has 0 spiro atoms. The summed E-state index contributed by atoms with van der Waals surface area (Å²) >= 11 is 5.29. The number of benzene rings is 1. The van der Waals surface area contributed by atoms with Gasteiger partial charge < -0.3 is 15.2 Å². The maximum absolute atomic E-state index is 10.8. The number of para-hydroxylation sites is 1. The van der Waals surface area contributed by atoms with Crippen molar-refractivity contribution >= 4 is 16.8 Å². The SMILES string of the molecule is NC(Cc1cccc2c1OCO2)C(=O)Cl. The average molecular weight is 228 g/mol. The van der Waals surface area contributed by atoms with Crippen LogP contribution >= 0.6 is 11.6 Å². The molecule has 0 fully saturated rings. The smallest absolute Gasteiger partial charge is 0.238 e. The summed E-state index contributed by atoms with van der Waals surface area (Å²) in [7, 11) is 0. The maximum Gasteiger partial charge on any atom is 0.238 e. The molecule has 2 rings (SSSR count). The van der Waals surface area contributed by atoms with Gasteiger partial charge in [0.25, 0.3) is 0 Å². The lowest BCUT2D eigenvalue weighted by Gasteiger charge is -2.08. The summed E-state index contributed by atoms with van der Waals surface area (Å²) in [6, 6.07) is 4.77. The predicted molar refractivity (Wildman–Crippen MR) is 55.1 cm³/mol. The fraction of sp³-hybridized carbons (Fsp3) is 0.300. The molecule has 5 heteroatoms. The number of halogens is 1. The Morgan fingerprint density at radius 2 is 2.33 bits per heavy atom. The van der Waals surface area contributed by atoms with E-state index in [0.717, 1.165) is 5.56 Å². The van der Waals surface area contributed by atoms with Crippen LogP contribution in [0.5, 0.6) is 11.5 Å². The van der Waals surface area contributed by atoms with E-state index in [1.165, 1.54) is 0 Å². The molecule has 1 unspecified atom stereocenters. The van der Waals surface area contributed by atoms with E-state index in [1.807, 2.05) is 12.1 Å². The Balaban J connectivity index is 2.22. The van der Waals surface area contributed by atoms with Gasteiger partial charge in [-0.05, 0) is 24.1 Å². The minimum absolute atomic E-state index is 0.205. The van der Waals surface area contributed by atoms with Crippen molar-refractivity contribution in [1.29, 1.82) is 0 Å². The molecule has 0 saturated heterocycles. The van der Waals surface area contributed by atoms with E-state index in [-0.39, 0.29) is 6.79 Å². The van der Waals surface area contributed by atoms with Crippen LogP contribution in [0.4, 0.5) is 0 Å². The van der Waals surface area contributed by atoms with Crippen LogP contribution in [0, 0.1) is 0 Å². The molecule has 0 aliphatic carbocycles. The number of carbonyl (C=O) groups is 1. The molecule has 1 aromatic carbocycles. The Hall–Kier alpha value is -1.26. The molecule has 80 valence electrons. The number of ether oxygens (including phenoxy) is 2. The van der Waals surface area contributed by atoms with Crippen molar-refractivity contribution < 1.29 is 14.3 Å². The summed E-state index contributed by atoms with van der Waals surface area (Å²) in [5.74, 6) is 1.34. The fourth-order valence-electron chi connectivity index (χ4n) is 1.47. The zero-order valence-corrected chi connectivity index (χ0v) is 8.66. The number of rotatable bonds is 3. The van der Waals surface area contributed by atoms with Crippen LogP contribution in [0.15, 0.2) is 18.2 Å². The van der Waals surface area contributed by atoms with E-state index in [1.54, 1.807) is 6.07 Å². The number of fused-ring (bicyclic) bond motifs is 1. The van der Waals surface area contributed by atoms with Crippen molar-refractivity contribution in [2.75, 3.05) is 6.79 Å². The molecule has 0 amide bonds. The normalized spacial score (nSPS) is 15.1. The average Bonchev–Trinajstić information content (AvgIpc) is 2.66. The first-order valence-corrected chi connectivity index (χ1v) is 4.88. The van der Waals surface area contributed by atoms with Gasteiger partial charge in [0.2, 0.25) is 12.0 Å². The summed E-state index contributed by atoms with van der Waals surface area (Å²) < 4.78 is 10.5. The minimum Gasteiger partial charge on any atom is -0.454 e. The molecule has 0 aromatic heterocycles. The molecule has 1 aromatic rings. The third-order valence-electron chi connectivity index (χ3n) is 2.21. The lowest BCUT2D eigenvalue weighted by molar-refractivity contribution is -0.112. The Morgan fingerprint density at radius 1 is 1.53 bits per heavy atom. The fourth-order valence-corrected chi connectivity index (χ4v) is 1.55. The first-order chi connectivity index (χ1) is 7.18. The van der Waals surface area contributed by atoms with Gasteiger partial charge in [0.05, 0.1) is 6.04 Å². The first-order valence-electron chi connectivity index (χ1n) is 4.51. The lowest BCUT2D eigenvalue weighted by atomic mass is 10.1. The van der Waals surface area contributed by atoms with E-state index in [9.17, 15) is 4.79 Å². The van der Waals surface area contributed by atoms with Crippen LogP contribution < -0.4 is 15.2 Å². The summed E-state index contributed by atoms with van der Waals surface area (Å²) in [5.41, 5.74) is 6.40. The maximum atomic E-state index is 10.8. The standard InChI is InChI=1S/C10H10ClNO3/c11-10(13)7(12)4-6-2-1-3-8-9(6)15-5-14-8/h1-3,7H,4-5,12H2. The Kier molecular flexibility index (Phi) is 2.79. The van der Waals surface area contributed by atoms with Crippen LogP contribution in [0.3, 0.4) is 0 Å². The summed E-state index contributed by atoms with van der Waals surface area (Å²) in [6.45, 7) is 0.205. The third-order valence-corrected chi connectivity index (χ3v) is 2.49. The summed E-state index contributed by atoms with van der Waals surface area (Å²) in [5, 5.41) is -0.550. The van der Waals surface area contributed by atoms with Crippen LogP contribution in [-0.2, 0) is 11.2 Å². The second-order valence-electron chi connectivity index (χ2n) is 3.27. The minimum atomic E-state index is -0.706. The molecule has 15 heavy (non-hydrogen) atoms. The van der Waals surface area contributed by atoms with Crippen molar-refractivity contribution in [2.45, 2.75) is 12.5 Å². The monoisotopic (exact) mass is 227 g/mol. The van der Waals surface area contributed by atoms with Crippen molar-refractivity contribution in [3.8, 4) is 11.5 Å². The van der Waals surface area contributed by atoms with E-state index >= 15 is 0 Å². The molecule has 1 aliphatic rings. The van der Waals surface area contributed by atoms with Crippen molar-refractivity contribution in [1.82, 2.24) is 0 Å². The van der Waals surface area contributed by atoms with Crippen LogP contribution in [0.1, 0.15) is 5.56 Å². The zero-order valence-electron chi connectivity index (χ0n) is 7.90. The van der Waals surface area contributed by atoms with E-state index < -0.39 is 11.3 Å². The summed E-state index contributed by atoms with van der Waals surface area (Å²) in [4.78, 5) is 10.8. The van der Waals surface area contributed by atoms with E-state index in [4.69, 9.17) is 26.8 Å². The van der Waals surface area contributed by atoms with E-state index in [0.29, 0.717) is 17.9 Å². The molecule has 1 heterocycles. The number of nitrogens with two attached hydrogens (primary N) is 1. The Bertz CT molecular complexity index is 394. The van der Waals surface area contributed by atoms with Crippen molar-refractivity contribution in [2.24, 2.45) is 5.73 Å². The Morgan fingerprint density at radius 3 is 3.07 bits per heavy atom. The number of carbonyl (C=O) groups excluding carboxylic acids is 1. The van der Waals surface area contributed by atoms with Gasteiger partial charge >= 0.3 is 0 Å².